The van der Waals surface area contributed by atoms with E-state index in [1.54, 1.807) is 24.7 Å². The quantitative estimate of drug-likeness (QED) is 0.306. The Hall–Kier alpha value is -4.92. The van der Waals surface area contributed by atoms with Crippen LogP contribution >= 0.6 is 0 Å². The summed E-state index contributed by atoms with van der Waals surface area (Å²) < 4.78 is 0. The third-order valence-corrected chi connectivity index (χ3v) is 6.00. The molecular formula is C26H20N8O. The molecule has 0 fully saturated rings. The molecule has 6 rings (SSSR count). The lowest BCUT2D eigenvalue weighted by Gasteiger charge is -2.10. The number of fused-ring (bicyclic) bond motifs is 2. The zero-order valence-corrected chi connectivity index (χ0v) is 18.8. The lowest BCUT2D eigenvalue weighted by atomic mass is 10.1. The molecule has 0 saturated heterocycles. The normalized spacial score (nSPS) is 11.2. The molecule has 0 aliphatic heterocycles. The monoisotopic (exact) mass is 460 g/mol. The van der Waals surface area contributed by atoms with Crippen LogP contribution in [0.1, 0.15) is 21.6 Å². The van der Waals surface area contributed by atoms with Crippen molar-refractivity contribution >= 4 is 39.1 Å². The number of carbonyl (C=O) groups excluding carboxylic acids is 1. The van der Waals surface area contributed by atoms with Crippen molar-refractivity contribution in [3.05, 3.63) is 90.1 Å². The highest BCUT2D eigenvalue weighted by Gasteiger charge is 2.13. The minimum atomic E-state index is -0.0110. The van der Waals surface area contributed by atoms with Crippen molar-refractivity contribution in [2.45, 2.75) is 13.3 Å². The first-order valence-corrected chi connectivity index (χ1v) is 11.1. The number of aryl methyl sites for hydroxylation is 1. The zero-order chi connectivity index (χ0) is 23.8. The molecule has 4 heterocycles. The van der Waals surface area contributed by atoms with E-state index in [0.29, 0.717) is 17.3 Å². The van der Waals surface area contributed by atoms with Crippen molar-refractivity contribution in [3.8, 4) is 11.4 Å². The Morgan fingerprint density at radius 1 is 0.971 bits per heavy atom. The highest BCUT2D eigenvalue weighted by Crippen LogP contribution is 2.28. The molecule has 3 N–H and O–H groups in total. The number of H-pyrrole nitrogens is 2. The number of anilines is 2. The van der Waals surface area contributed by atoms with E-state index in [1.165, 1.54) is 0 Å². The lowest BCUT2D eigenvalue weighted by molar-refractivity contribution is 0.0989. The van der Waals surface area contributed by atoms with Crippen LogP contribution in [0.3, 0.4) is 0 Å². The summed E-state index contributed by atoms with van der Waals surface area (Å²) in [5.74, 6) is 1.27. The summed E-state index contributed by atoms with van der Waals surface area (Å²) in [6.07, 6.45) is 6.99. The Balaban J connectivity index is 1.27. The molecular weight excluding hydrogens is 440 g/mol. The molecule has 4 aromatic heterocycles. The number of ketones is 1. The number of Topliss-reactive ketones (excluding diaryl/α,β-unsaturated/α-hetero) is 1. The van der Waals surface area contributed by atoms with Crippen LogP contribution in [0.15, 0.2) is 73.3 Å². The van der Waals surface area contributed by atoms with Gasteiger partial charge in [0.25, 0.3) is 0 Å². The van der Waals surface area contributed by atoms with Gasteiger partial charge in [0.1, 0.15) is 5.82 Å². The summed E-state index contributed by atoms with van der Waals surface area (Å²) in [5.41, 5.74) is 6.11. The SMILES string of the molecule is Cc1c(Nc2ccnc(-c3ccc4cc(C(=O)Cc5ccnnc5)[nH]c4c3)n2)ccc2[nH]ncc12. The smallest absolute Gasteiger partial charge is 0.183 e. The average molecular weight is 461 g/mol. The van der Waals surface area contributed by atoms with Crippen molar-refractivity contribution in [2.75, 3.05) is 5.32 Å². The maximum atomic E-state index is 12.7. The molecule has 0 bridgehead atoms. The van der Waals surface area contributed by atoms with Crippen LogP contribution in [0.4, 0.5) is 11.5 Å². The summed E-state index contributed by atoms with van der Waals surface area (Å²) in [6.45, 7) is 2.05. The van der Waals surface area contributed by atoms with Gasteiger partial charge in [-0.1, -0.05) is 12.1 Å². The van der Waals surface area contributed by atoms with E-state index < -0.39 is 0 Å². The van der Waals surface area contributed by atoms with Gasteiger partial charge in [-0.05, 0) is 54.4 Å². The maximum Gasteiger partial charge on any atom is 0.183 e. The van der Waals surface area contributed by atoms with Gasteiger partial charge >= 0.3 is 0 Å². The number of hydrogen-bond donors (Lipinski definition) is 3. The summed E-state index contributed by atoms with van der Waals surface area (Å²) in [5, 5.41) is 20.1. The number of benzene rings is 2. The van der Waals surface area contributed by atoms with Gasteiger partial charge in [-0.2, -0.15) is 15.3 Å². The molecule has 9 heteroatoms. The van der Waals surface area contributed by atoms with Gasteiger partial charge in [-0.3, -0.25) is 9.89 Å². The second-order valence-electron chi connectivity index (χ2n) is 8.30. The molecule has 0 aliphatic rings. The van der Waals surface area contributed by atoms with Gasteiger partial charge in [0, 0.05) is 46.4 Å². The van der Waals surface area contributed by atoms with E-state index in [1.807, 2.05) is 55.6 Å². The first-order chi connectivity index (χ1) is 17.1. The van der Waals surface area contributed by atoms with Gasteiger partial charge in [-0.25, -0.2) is 9.97 Å². The molecule has 0 unspecified atom stereocenters. The summed E-state index contributed by atoms with van der Waals surface area (Å²) in [4.78, 5) is 25.1. The number of carbonyl (C=O) groups is 1. The van der Waals surface area contributed by atoms with Crippen LogP contribution in [0.2, 0.25) is 0 Å². The van der Waals surface area contributed by atoms with Crippen molar-refractivity contribution in [1.29, 1.82) is 0 Å². The molecule has 0 aliphatic carbocycles. The van der Waals surface area contributed by atoms with Crippen molar-refractivity contribution in [2.24, 2.45) is 0 Å². The molecule has 0 amide bonds. The number of nitrogens with zero attached hydrogens (tertiary/aromatic N) is 5. The fraction of sp³-hybridized carbons (Fsp3) is 0.0769. The van der Waals surface area contributed by atoms with Gasteiger partial charge in [0.2, 0.25) is 0 Å². The Morgan fingerprint density at radius 3 is 2.80 bits per heavy atom. The molecule has 9 nitrogen and oxygen atoms in total. The fourth-order valence-corrected chi connectivity index (χ4v) is 4.12. The highest BCUT2D eigenvalue weighted by atomic mass is 16.1. The van der Waals surface area contributed by atoms with E-state index in [2.05, 4.69) is 35.7 Å². The third-order valence-electron chi connectivity index (χ3n) is 6.00. The molecule has 0 saturated carbocycles. The van der Waals surface area contributed by atoms with Crippen molar-refractivity contribution in [3.63, 3.8) is 0 Å². The molecule has 170 valence electrons. The van der Waals surface area contributed by atoms with Crippen molar-refractivity contribution in [1.82, 2.24) is 35.3 Å². The predicted molar refractivity (Wildman–Crippen MR) is 134 cm³/mol. The standard InChI is InChI=1S/C26H20N8O/c1-15-19-14-30-34-21(19)5-4-20(15)32-25-7-8-27-26(33-25)18-3-2-17-11-23(31-22(17)12-18)24(35)10-16-6-9-28-29-13-16/h2-9,11-14,31H,10H2,1H3,(H,30,34)(H,27,32,33). The molecule has 0 spiro atoms. The number of hydrogen-bond acceptors (Lipinski definition) is 7. The largest absolute Gasteiger partial charge is 0.352 e. The number of aromatic amines is 2. The van der Waals surface area contributed by atoms with Gasteiger partial charge in [0.05, 0.1) is 23.6 Å². The number of aromatic nitrogens is 7. The molecule has 0 radical (unpaired) electrons. The molecule has 0 atom stereocenters. The van der Waals surface area contributed by atoms with Gasteiger partial charge in [-0.15, -0.1) is 0 Å². The Labute approximate surface area is 199 Å². The summed E-state index contributed by atoms with van der Waals surface area (Å²) >= 11 is 0. The second-order valence-corrected chi connectivity index (χ2v) is 8.30. The fourth-order valence-electron chi connectivity index (χ4n) is 4.12. The minimum absolute atomic E-state index is 0.0110. The van der Waals surface area contributed by atoms with Crippen LogP contribution in [0.25, 0.3) is 33.2 Å². The minimum Gasteiger partial charge on any atom is -0.352 e. The van der Waals surface area contributed by atoms with E-state index in [9.17, 15) is 4.79 Å². The Morgan fingerprint density at radius 2 is 1.91 bits per heavy atom. The summed E-state index contributed by atoms with van der Waals surface area (Å²) in [6, 6.07) is 15.4. The van der Waals surface area contributed by atoms with Crippen LogP contribution in [0.5, 0.6) is 0 Å². The van der Waals surface area contributed by atoms with E-state index in [4.69, 9.17) is 4.98 Å². The van der Waals surface area contributed by atoms with Crippen LogP contribution < -0.4 is 5.32 Å². The van der Waals surface area contributed by atoms with Crippen LogP contribution in [0, 0.1) is 6.92 Å². The first kappa shape index (κ1) is 20.7. The molecule has 2 aromatic carbocycles. The number of rotatable bonds is 6. The molecule has 35 heavy (non-hydrogen) atoms. The van der Waals surface area contributed by atoms with Crippen LogP contribution in [-0.4, -0.2) is 41.1 Å². The van der Waals surface area contributed by atoms with Crippen LogP contribution in [-0.2, 0) is 6.42 Å². The molecule has 6 aromatic rings. The topological polar surface area (TPSA) is 125 Å². The highest BCUT2D eigenvalue weighted by molar-refractivity contribution is 6.01. The van der Waals surface area contributed by atoms with Crippen molar-refractivity contribution < 1.29 is 4.79 Å². The zero-order valence-electron chi connectivity index (χ0n) is 18.8. The predicted octanol–water partition coefficient (Wildman–Crippen LogP) is 4.77. The Kier molecular flexibility index (Phi) is 4.99. The lowest BCUT2D eigenvalue weighted by Crippen LogP contribution is -2.04. The van der Waals surface area contributed by atoms with Gasteiger partial charge in [0.15, 0.2) is 11.6 Å². The van der Waals surface area contributed by atoms with E-state index in [-0.39, 0.29) is 12.2 Å². The van der Waals surface area contributed by atoms with E-state index >= 15 is 0 Å². The second kappa shape index (κ2) is 8.45. The Bertz CT molecular complexity index is 1690. The average Bonchev–Trinajstić information content (AvgIpc) is 3.54. The third kappa shape index (κ3) is 3.99. The van der Waals surface area contributed by atoms with E-state index in [0.717, 1.165) is 44.2 Å². The first-order valence-electron chi connectivity index (χ1n) is 11.1. The van der Waals surface area contributed by atoms with Gasteiger partial charge < -0.3 is 10.3 Å². The number of nitrogens with one attached hydrogen (secondary N) is 3. The summed E-state index contributed by atoms with van der Waals surface area (Å²) in [7, 11) is 0. The maximum absolute atomic E-state index is 12.7.